The highest BCUT2D eigenvalue weighted by Gasteiger charge is 2.28. The Hall–Kier alpha value is -3.95. The lowest BCUT2D eigenvalue weighted by atomic mass is 10.0. The van der Waals surface area contributed by atoms with E-state index in [4.69, 9.17) is 14.7 Å². The van der Waals surface area contributed by atoms with Crippen molar-refractivity contribution in [2.45, 2.75) is 31.8 Å². The molecule has 1 fully saturated rings. The molecule has 1 aliphatic carbocycles. The third-order valence-corrected chi connectivity index (χ3v) is 8.62. The summed E-state index contributed by atoms with van der Waals surface area (Å²) in [5.74, 6) is 0.374. The largest absolute Gasteiger partial charge is 0.492 e. The summed E-state index contributed by atoms with van der Waals surface area (Å²) in [6, 6.07) is 23.8. The first kappa shape index (κ1) is 29.1. The highest BCUT2D eigenvalue weighted by molar-refractivity contribution is 5.90. The number of nitrogens with zero attached hydrogens (tertiary/aromatic N) is 2. The maximum absolute atomic E-state index is 11.5. The highest BCUT2D eigenvalue weighted by atomic mass is 16.5. The van der Waals surface area contributed by atoms with Crippen LogP contribution in [0.25, 0.3) is 17.0 Å². The van der Waals surface area contributed by atoms with Crippen molar-refractivity contribution in [1.82, 2.24) is 20.3 Å². The van der Waals surface area contributed by atoms with Gasteiger partial charge in [0.15, 0.2) is 0 Å². The Kier molecular flexibility index (Phi) is 9.50. The van der Waals surface area contributed by atoms with Gasteiger partial charge >= 0.3 is 0 Å². The van der Waals surface area contributed by atoms with Crippen LogP contribution < -0.4 is 10.2 Å². The van der Waals surface area contributed by atoms with E-state index in [-0.39, 0.29) is 0 Å². The molecule has 2 heterocycles. The van der Waals surface area contributed by atoms with Crippen LogP contribution in [0, 0.1) is 0 Å². The summed E-state index contributed by atoms with van der Waals surface area (Å²) in [6.45, 7) is 6.93. The van der Waals surface area contributed by atoms with E-state index in [1.807, 2.05) is 0 Å². The zero-order chi connectivity index (χ0) is 29.4. The molecule has 0 bridgehead atoms. The zero-order valence-electron chi connectivity index (χ0n) is 24.5. The molecule has 8 heteroatoms. The summed E-state index contributed by atoms with van der Waals surface area (Å²) in [4.78, 5) is 19.9. The predicted molar refractivity (Wildman–Crippen MR) is 168 cm³/mol. The minimum absolute atomic E-state index is 0.309. The van der Waals surface area contributed by atoms with Crippen LogP contribution in [-0.2, 0) is 28.9 Å². The number of benzene rings is 3. The number of ether oxygens (including phenoxy) is 2. The van der Waals surface area contributed by atoms with Gasteiger partial charge in [-0.3, -0.25) is 19.8 Å². The van der Waals surface area contributed by atoms with Gasteiger partial charge in [0.25, 0.3) is 5.91 Å². The van der Waals surface area contributed by atoms with Gasteiger partial charge < -0.3 is 14.5 Å². The Balaban J connectivity index is 1.16. The number of hydrogen-bond donors (Lipinski definition) is 3. The Morgan fingerprint density at radius 2 is 1.95 bits per heavy atom. The molecule has 43 heavy (non-hydrogen) atoms. The Morgan fingerprint density at radius 1 is 1.12 bits per heavy atom. The fourth-order valence-electron chi connectivity index (χ4n) is 6.30. The lowest BCUT2D eigenvalue weighted by Gasteiger charge is -2.30. The molecule has 0 saturated carbocycles. The number of amides is 1. The van der Waals surface area contributed by atoms with Crippen LogP contribution in [0.1, 0.15) is 40.3 Å². The van der Waals surface area contributed by atoms with Gasteiger partial charge in [-0.05, 0) is 71.4 Å². The van der Waals surface area contributed by atoms with Gasteiger partial charge in [-0.2, -0.15) is 0 Å². The number of carbonyl (C=O) groups excluding carboxylic acids is 1. The van der Waals surface area contributed by atoms with Crippen molar-refractivity contribution in [2.75, 3.05) is 46.0 Å². The van der Waals surface area contributed by atoms with E-state index >= 15 is 0 Å². The van der Waals surface area contributed by atoms with Gasteiger partial charge in [0, 0.05) is 61.9 Å². The van der Waals surface area contributed by atoms with E-state index in [2.05, 4.69) is 87.7 Å². The Morgan fingerprint density at radius 3 is 2.79 bits per heavy atom. The van der Waals surface area contributed by atoms with Gasteiger partial charge in [-0.15, -0.1) is 0 Å². The van der Waals surface area contributed by atoms with E-state index in [1.165, 1.54) is 39.2 Å². The average molecular weight is 581 g/mol. The van der Waals surface area contributed by atoms with Crippen molar-refractivity contribution < 1.29 is 19.5 Å². The molecule has 1 unspecified atom stereocenters. The molecule has 3 N–H and O–H groups in total. The topological polar surface area (TPSA) is 90.1 Å². The molecule has 1 aromatic heterocycles. The number of H-pyrrole nitrogens is 1. The molecule has 1 amide bonds. The summed E-state index contributed by atoms with van der Waals surface area (Å²) in [6.07, 6.45) is 8.23. The second kappa shape index (κ2) is 14.0. The first-order chi connectivity index (χ1) is 21.2. The lowest BCUT2D eigenvalue weighted by molar-refractivity contribution is -0.124. The molecule has 4 aromatic rings. The van der Waals surface area contributed by atoms with Crippen LogP contribution in [0.5, 0.6) is 5.75 Å². The van der Waals surface area contributed by atoms with Crippen molar-refractivity contribution in [3.05, 3.63) is 107 Å². The second-order valence-electron chi connectivity index (χ2n) is 11.3. The maximum atomic E-state index is 11.5. The average Bonchev–Trinajstić information content (AvgIpc) is 3.67. The van der Waals surface area contributed by atoms with Gasteiger partial charge in [-0.25, -0.2) is 5.48 Å². The van der Waals surface area contributed by atoms with Crippen molar-refractivity contribution >= 4 is 22.9 Å². The fraction of sp³-hybridized carbons (Fsp3) is 0.343. The molecule has 3 aromatic carbocycles. The number of fused-ring (bicyclic) bond motifs is 2. The number of hydrogen-bond acceptors (Lipinski definition) is 6. The number of para-hydroxylation sites is 1. The number of aryl methyl sites for hydroxylation is 1. The standard InChI is InChI=1S/C35H40N4O4/c40-35(37-41)14-8-26-7-12-32-28(23-26)9-13-34(32)39(16-15-29-24-36-33-4-2-1-3-31(29)33)25-27-5-10-30(11-6-27)43-22-19-38-17-20-42-21-18-38/h1-8,10-12,14,23-24,34,36,41H,9,13,15-22,25H2,(H,37,40). The minimum atomic E-state index is -0.532. The quantitative estimate of drug-likeness (QED) is 0.122. The molecule has 0 radical (unpaired) electrons. The highest BCUT2D eigenvalue weighted by Crippen LogP contribution is 2.37. The van der Waals surface area contributed by atoms with E-state index in [9.17, 15) is 4.79 Å². The van der Waals surface area contributed by atoms with Crippen LogP contribution in [0.3, 0.4) is 0 Å². The molecule has 1 atom stereocenters. The van der Waals surface area contributed by atoms with Crippen molar-refractivity contribution in [1.29, 1.82) is 0 Å². The molecule has 2 aliphatic rings. The molecule has 6 rings (SSSR count). The second-order valence-corrected chi connectivity index (χ2v) is 11.3. The van der Waals surface area contributed by atoms with Crippen LogP contribution >= 0.6 is 0 Å². The lowest BCUT2D eigenvalue weighted by Crippen LogP contribution is -2.38. The number of rotatable bonds is 12. The van der Waals surface area contributed by atoms with Crippen LogP contribution in [0.4, 0.5) is 0 Å². The predicted octanol–water partition coefficient (Wildman–Crippen LogP) is 5.13. The smallest absolute Gasteiger partial charge is 0.267 e. The third kappa shape index (κ3) is 7.35. The maximum Gasteiger partial charge on any atom is 0.267 e. The SMILES string of the molecule is O=C(C=Cc1ccc2c(c1)CCC2N(CCc1c[nH]c2ccccc12)Cc1ccc(OCCN2CCOCC2)cc1)NO. The van der Waals surface area contributed by atoms with Gasteiger partial charge in [0.2, 0.25) is 0 Å². The molecule has 224 valence electrons. The fourth-order valence-corrected chi connectivity index (χ4v) is 6.30. The molecular formula is C35H40N4O4. The summed E-state index contributed by atoms with van der Waals surface area (Å²) >= 11 is 0. The Labute approximate surface area is 252 Å². The van der Waals surface area contributed by atoms with E-state index in [0.717, 1.165) is 76.5 Å². The van der Waals surface area contributed by atoms with Crippen LogP contribution in [0.15, 0.2) is 79.0 Å². The normalized spacial score (nSPS) is 17.1. The summed E-state index contributed by atoms with van der Waals surface area (Å²) in [5.41, 5.74) is 9.05. The first-order valence-electron chi connectivity index (χ1n) is 15.2. The van der Waals surface area contributed by atoms with Gasteiger partial charge in [0.05, 0.1) is 13.2 Å². The number of hydroxylamine groups is 1. The number of aromatic nitrogens is 1. The van der Waals surface area contributed by atoms with E-state index < -0.39 is 5.91 Å². The monoisotopic (exact) mass is 580 g/mol. The van der Waals surface area contributed by atoms with E-state index in [0.29, 0.717) is 12.6 Å². The third-order valence-electron chi connectivity index (χ3n) is 8.62. The zero-order valence-corrected chi connectivity index (χ0v) is 24.5. The van der Waals surface area contributed by atoms with Gasteiger partial charge in [0.1, 0.15) is 12.4 Å². The van der Waals surface area contributed by atoms with Gasteiger partial charge in [-0.1, -0.05) is 48.5 Å². The first-order valence-corrected chi connectivity index (χ1v) is 15.2. The summed E-state index contributed by atoms with van der Waals surface area (Å²) in [7, 11) is 0. The van der Waals surface area contributed by atoms with Crippen molar-refractivity contribution in [3.63, 3.8) is 0 Å². The minimum Gasteiger partial charge on any atom is -0.492 e. The number of aromatic amines is 1. The molecular weight excluding hydrogens is 540 g/mol. The van der Waals surface area contributed by atoms with E-state index in [1.54, 1.807) is 11.6 Å². The van der Waals surface area contributed by atoms with Crippen molar-refractivity contribution in [2.24, 2.45) is 0 Å². The number of morpholine rings is 1. The molecule has 1 saturated heterocycles. The molecule has 0 spiro atoms. The summed E-state index contributed by atoms with van der Waals surface area (Å²) in [5, 5.41) is 10.1. The number of carbonyl (C=O) groups is 1. The Bertz CT molecular complexity index is 1540. The van der Waals surface area contributed by atoms with Crippen molar-refractivity contribution in [3.8, 4) is 5.75 Å². The van der Waals surface area contributed by atoms with Crippen LogP contribution in [0.2, 0.25) is 0 Å². The number of nitrogens with one attached hydrogen (secondary N) is 2. The summed E-state index contributed by atoms with van der Waals surface area (Å²) < 4.78 is 11.5. The van der Waals surface area contributed by atoms with Crippen LogP contribution in [-0.4, -0.2) is 71.9 Å². The molecule has 8 nitrogen and oxygen atoms in total. The molecule has 1 aliphatic heterocycles.